The summed E-state index contributed by atoms with van der Waals surface area (Å²) in [7, 11) is 0. The molecule has 0 aromatic carbocycles. The van der Waals surface area contributed by atoms with Crippen molar-refractivity contribution in [2.75, 3.05) is 18.0 Å². The lowest BCUT2D eigenvalue weighted by molar-refractivity contribution is -0.117. The Morgan fingerprint density at radius 2 is 2.31 bits per heavy atom. The summed E-state index contributed by atoms with van der Waals surface area (Å²) in [4.78, 5) is 17.6. The number of hydrogen-bond donors (Lipinski definition) is 1. The zero-order chi connectivity index (χ0) is 11.7. The molecule has 1 atom stereocenters. The highest BCUT2D eigenvalue weighted by atomic mass is 79.9. The van der Waals surface area contributed by atoms with E-state index in [1.807, 2.05) is 6.07 Å². The fraction of sp³-hybridized carbons (Fsp3) is 0.400. The van der Waals surface area contributed by atoms with Gasteiger partial charge in [0.2, 0.25) is 5.91 Å². The van der Waals surface area contributed by atoms with Crippen LogP contribution in [0.1, 0.15) is 6.42 Å². The van der Waals surface area contributed by atoms with Gasteiger partial charge >= 0.3 is 0 Å². The van der Waals surface area contributed by atoms with Gasteiger partial charge in [0.25, 0.3) is 0 Å². The van der Waals surface area contributed by atoms with Gasteiger partial charge < -0.3 is 10.6 Å². The number of nitrogens with two attached hydrogens (primary N) is 1. The minimum Gasteiger partial charge on any atom is -0.330 e. The molecule has 1 aliphatic rings. The maximum absolute atomic E-state index is 11.8. The van der Waals surface area contributed by atoms with Crippen LogP contribution in [0.5, 0.6) is 0 Å². The predicted molar refractivity (Wildman–Crippen MR) is 69.2 cm³/mol. The smallest absolute Gasteiger partial charge is 0.227 e. The minimum atomic E-state index is 0.117. The van der Waals surface area contributed by atoms with E-state index in [1.165, 1.54) is 0 Å². The molecule has 1 aliphatic heterocycles. The van der Waals surface area contributed by atoms with Crippen molar-refractivity contribution in [2.45, 2.75) is 6.42 Å². The Hall–Kier alpha value is -0.460. The molecular weight excluding hydrogens is 338 g/mol. The molecule has 16 heavy (non-hydrogen) atoms. The van der Waals surface area contributed by atoms with Crippen LogP contribution < -0.4 is 10.6 Å². The van der Waals surface area contributed by atoms with E-state index in [4.69, 9.17) is 5.73 Å². The molecule has 1 amide bonds. The first kappa shape index (κ1) is 12.0. The molecule has 2 N–H and O–H groups in total. The molecule has 0 saturated carbocycles. The second-order valence-corrected chi connectivity index (χ2v) is 5.38. The van der Waals surface area contributed by atoms with E-state index in [0.29, 0.717) is 19.5 Å². The van der Waals surface area contributed by atoms with Crippen LogP contribution in [0.2, 0.25) is 0 Å². The molecular formula is C10H11Br2N3O. The first-order valence-electron chi connectivity index (χ1n) is 4.93. The van der Waals surface area contributed by atoms with E-state index in [2.05, 4.69) is 36.8 Å². The highest BCUT2D eigenvalue weighted by Gasteiger charge is 2.29. The van der Waals surface area contributed by atoms with Crippen molar-refractivity contribution < 1.29 is 4.79 Å². The zero-order valence-electron chi connectivity index (χ0n) is 8.49. The van der Waals surface area contributed by atoms with Crippen LogP contribution in [-0.2, 0) is 4.79 Å². The molecule has 2 heterocycles. The molecule has 0 radical (unpaired) electrons. The quantitative estimate of drug-likeness (QED) is 0.830. The van der Waals surface area contributed by atoms with Crippen molar-refractivity contribution in [3.8, 4) is 0 Å². The fourth-order valence-corrected chi connectivity index (χ4v) is 2.30. The van der Waals surface area contributed by atoms with Gasteiger partial charge in [-0.1, -0.05) is 0 Å². The number of anilines is 1. The lowest BCUT2D eigenvalue weighted by Crippen LogP contribution is -2.25. The van der Waals surface area contributed by atoms with Crippen LogP contribution in [0, 0.1) is 5.92 Å². The van der Waals surface area contributed by atoms with Gasteiger partial charge in [-0.25, -0.2) is 4.98 Å². The van der Waals surface area contributed by atoms with E-state index in [0.717, 1.165) is 14.8 Å². The van der Waals surface area contributed by atoms with Crippen LogP contribution in [0.4, 0.5) is 5.69 Å². The Kier molecular flexibility index (Phi) is 3.61. The Labute approximate surface area is 110 Å². The SMILES string of the molecule is NCC1CC(=O)N(c2cnc(Br)c(Br)c2)C1. The van der Waals surface area contributed by atoms with E-state index in [-0.39, 0.29) is 11.8 Å². The molecule has 86 valence electrons. The molecule has 1 unspecified atom stereocenters. The minimum absolute atomic E-state index is 0.117. The Morgan fingerprint density at radius 1 is 1.56 bits per heavy atom. The van der Waals surface area contributed by atoms with Gasteiger partial charge in [-0.05, 0) is 50.4 Å². The summed E-state index contributed by atoms with van der Waals surface area (Å²) >= 11 is 6.67. The van der Waals surface area contributed by atoms with E-state index >= 15 is 0 Å². The topological polar surface area (TPSA) is 59.2 Å². The van der Waals surface area contributed by atoms with Gasteiger partial charge in [0.15, 0.2) is 0 Å². The number of halogens is 2. The van der Waals surface area contributed by atoms with Crippen LogP contribution in [0.3, 0.4) is 0 Å². The van der Waals surface area contributed by atoms with Crippen molar-refractivity contribution in [3.05, 3.63) is 21.3 Å². The summed E-state index contributed by atoms with van der Waals surface area (Å²) in [6.07, 6.45) is 2.22. The van der Waals surface area contributed by atoms with Gasteiger partial charge in [-0.3, -0.25) is 4.79 Å². The third-order valence-electron chi connectivity index (χ3n) is 2.63. The summed E-state index contributed by atoms with van der Waals surface area (Å²) in [6.45, 7) is 1.23. The number of nitrogens with zero attached hydrogens (tertiary/aromatic N) is 2. The molecule has 6 heteroatoms. The number of aromatic nitrogens is 1. The highest BCUT2D eigenvalue weighted by molar-refractivity contribution is 9.13. The monoisotopic (exact) mass is 347 g/mol. The summed E-state index contributed by atoms with van der Waals surface area (Å²) in [5.41, 5.74) is 6.39. The van der Waals surface area contributed by atoms with Gasteiger partial charge in [0.05, 0.1) is 16.4 Å². The average molecular weight is 349 g/mol. The summed E-state index contributed by atoms with van der Waals surface area (Å²) < 4.78 is 1.58. The first-order chi connectivity index (χ1) is 7.61. The van der Waals surface area contributed by atoms with Crippen LogP contribution in [0.15, 0.2) is 21.3 Å². The maximum Gasteiger partial charge on any atom is 0.227 e. The summed E-state index contributed by atoms with van der Waals surface area (Å²) in [6, 6.07) is 1.88. The lowest BCUT2D eigenvalue weighted by Gasteiger charge is -2.16. The Balaban J connectivity index is 2.24. The molecule has 1 fully saturated rings. The maximum atomic E-state index is 11.8. The number of carbonyl (C=O) groups excluding carboxylic acids is 1. The number of pyridine rings is 1. The molecule has 0 bridgehead atoms. The molecule has 2 rings (SSSR count). The van der Waals surface area contributed by atoms with E-state index in [1.54, 1.807) is 11.1 Å². The van der Waals surface area contributed by atoms with E-state index in [9.17, 15) is 4.79 Å². The number of hydrogen-bond acceptors (Lipinski definition) is 3. The van der Waals surface area contributed by atoms with Gasteiger partial charge in [0.1, 0.15) is 4.60 Å². The van der Waals surface area contributed by atoms with Crippen LogP contribution >= 0.6 is 31.9 Å². The number of carbonyl (C=O) groups is 1. The third kappa shape index (κ3) is 2.28. The number of rotatable bonds is 2. The average Bonchev–Trinajstić information content (AvgIpc) is 2.64. The first-order valence-corrected chi connectivity index (χ1v) is 6.52. The van der Waals surface area contributed by atoms with Gasteiger partial charge in [0, 0.05) is 13.0 Å². The second kappa shape index (κ2) is 4.81. The van der Waals surface area contributed by atoms with Crippen LogP contribution in [0.25, 0.3) is 0 Å². The molecule has 0 spiro atoms. The predicted octanol–water partition coefficient (Wildman–Crippen LogP) is 1.92. The normalized spacial score (nSPS) is 20.6. The molecule has 4 nitrogen and oxygen atoms in total. The molecule has 1 saturated heterocycles. The largest absolute Gasteiger partial charge is 0.330 e. The second-order valence-electron chi connectivity index (χ2n) is 3.78. The van der Waals surface area contributed by atoms with Gasteiger partial charge in [-0.2, -0.15) is 0 Å². The highest BCUT2D eigenvalue weighted by Crippen LogP contribution is 2.29. The van der Waals surface area contributed by atoms with Crippen molar-refractivity contribution in [1.29, 1.82) is 0 Å². The van der Waals surface area contributed by atoms with Crippen LogP contribution in [-0.4, -0.2) is 24.0 Å². The summed E-state index contributed by atoms with van der Waals surface area (Å²) in [5, 5.41) is 0. The zero-order valence-corrected chi connectivity index (χ0v) is 11.7. The van der Waals surface area contributed by atoms with E-state index < -0.39 is 0 Å². The Morgan fingerprint density at radius 3 is 2.88 bits per heavy atom. The third-order valence-corrected chi connectivity index (χ3v) is 4.40. The standard InChI is InChI=1S/C10H11Br2N3O/c11-8-2-7(4-14-10(8)12)15-5-6(3-13)1-9(15)16/h2,4,6H,1,3,5,13H2. The molecule has 1 aromatic heterocycles. The van der Waals surface area contributed by atoms with Crippen molar-refractivity contribution in [1.82, 2.24) is 4.98 Å². The van der Waals surface area contributed by atoms with Gasteiger partial charge in [-0.15, -0.1) is 0 Å². The fourth-order valence-electron chi connectivity index (χ4n) is 1.75. The lowest BCUT2D eigenvalue weighted by atomic mass is 10.1. The van der Waals surface area contributed by atoms with Crippen molar-refractivity contribution in [3.63, 3.8) is 0 Å². The molecule has 0 aliphatic carbocycles. The summed E-state index contributed by atoms with van der Waals surface area (Å²) in [5.74, 6) is 0.376. The number of amides is 1. The van der Waals surface area contributed by atoms with Crippen molar-refractivity contribution >= 4 is 43.5 Å². The Bertz CT molecular complexity index is 425. The van der Waals surface area contributed by atoms with Crippen molar-refractivity contribution in [2.24, 2.45) is 11.7 Å². The molecule has 1 aromatic rings.